The van der Waals surface area contributed by atoms with Crippen molar-refractivity contribution < 1.29 is 23.3 Å². The molecule has 0 spiro atoms. The maximum atomic E-state index is 12.8. The highest BCUT2D eigenvalue weighted by molar-refractivity contribution is 5.22. The molecule has 2 aliphatic heterocycles. The first-order valence-corrected chi connectivity index (χ1v) is 6.84. The molecule has 0 N–H and O–H groups in total. The first kappa shape index (κ1) is 14.3. The molecule has 21 heavy (non-hydrogen) atoms. The molecule has 112 valence electrons. The third kappa shape index (κ3) is 2.88. The molecule has 4 atom stereocenters. The number of fused-ring (bicyclic) bond motifs is 1. The number of rotatable bonds is 3. The molecular weight excluding hydrogens is 275 g/mol. The van der Waals surface area contributed by atoms with E-state index in [9.17, 15) is 4.39 Å². The van der Waals surface area contributed by atoms with Crippen molar-refractivity contribution in [2.24, 2.45) is 0 Å². The zero-order valence-electron chi connectivity index (χ0n) is 11.9. The third-order valence-electron chi connectivity index (χ3n) is 3.54. The molecule has 0 aliphatic carbocycles. The van der Waals surface area contributed by atoms with E-state index in [1.54, 1.807) is 12.1 Å². The summed E-state index contributed by atoms with van der Waals surface area (Å²) >= 11 is 0. The van der Waals surface area contributed by atoms with E-state index < -0.39 is 11.9 Å². The summed E-state index contributed by atoms with van der Waals surface area (Å²) in [6.07, 6.45) is 4.16. The lowest BCUT2D eigenvalue weighted by atomic mass is 10.1. The topological polar surface area (TPSA) is 36.9 Å². The van der Waals surface area contributed by atoms with Crippen molar-refractivity contribution in [3.63, 3.8) is 0 Å². The van der Waals surface area contributed by atoms with Gasteiger partial charge in [-0.2, -0.15) is 0 Å². The summed E-state index contributed by atoms with van der Waals surface area (Å²) in [5.74, 6) is 2.16. The fourth-order valence-corrected chi connectivity index (χ4v) is 2.66. The lowest BCUT2D eigenvalue weighted by Gasteiger charge is -2.22. The molecule has 0 saturated carbocycles. The van der Waals surface area contributed by atoms with Crippen LogP contribution in [-0.2, 0) is 14.2 Å². The Morgan fingerprint density at radius 2 is 1.90 bits per heavy atom. The van der Waals surface area contributed by atoms with Crippen molar-refractivity contribution >= 4 is 0 Å². The van der Waals surface area contributed by atoms with Gasteiger partial charge in [0.2, 0.25) is 0 Å². The van der Waals surface area contributed by atoms with Crippen LogP contribution in [0, 0.1) is 18.2 Å². The van der Waals surface area contributed by atoms with Crippen LogP contribution in [0.5, 0.6) is 5.75 Å². The molecule has 0 radical (unpaired) electrons. The van der Waals surface area contributed by atoms with Gasteiger partial charge >= 0.3 is 0 Å². The summed E-state index contributed by atoms with van der Waals surface area (Å²) in [6.45, 7) is 3.96. The molecule has 4 nitrogen and oxygen atoms in total. The molecular formula is C16H17FO4. The number of terminal acetylenes is 1. The normalized spacial score (nSPS) is 33.4. The van der Waals surface area contributed by atoms with Gasteiger partial charge in [-0.15, -0.1) is 6.42 Å². The molecule has 2 saturated heterocycles. The maximum absolute atomic E-state index is 12.8. The minimum absolute atomic E-state index is 0.263. The quantitative estimate of drug-likeness (QED) is 0.800. The maximum Gasteiger partial charge on any atom is 0.164 e. The third-order valence-corrected chi connectivity index (χ3v) is 3.54. The zero-order valence-corrected chi connectivity index (χ0v) is 11.9. The Hall–Kier alpha value is -1.61. The minimum Gasteiger partial charge on any atom is -0.491 e. The Labute approximate surface area is 123 Å². The van der Waals surface area contributed by atoms with Crippen LogP contribution >= 0.6 is 0 Å². The van der Waals surface area contributed by atoms with Gasteiger partial charge in [-0.1, -0.05) is 5.92 Å². The van der Waals surface area contributed by atoms with E-state index >= 15 is 0 Å². The van der Waals surface area contributed by atoms with E-state index in [1.807, 2.05) is 13.8 Å². The fraction of sp³-hybridized carbons (Fsp3) is 0.500. The van der Waals surface area contributed by atoms with Crippen molar-refractivity contribution in [2.45, 2.75) is 44.1 Å². The van der Waals surface area contributed by atoms with E-state index in [0.29, 0.717) is 5.75 Å². The Kier molecular flexibility index (Phi) is 3.62. The van der Waals surface area contributed by atoms with E-state index in [1.165, 1.54) is 12.1 Å². The van der Waals surface area contributed by atoms with Crippen molar-refractivity contribution in [1.82, 2.24) is 0 Å². The number of benzene rings is 1. The molecule has 2 heterocycles. The molecule has 0 bridgehead atoms. The highest BCUT2D eigenvalue weighted by Gasteiger charge is 2.54. The van der Waals surface area contributed by atoms with Crippen LogP contribution in [0.25, 0.3) is 0 Å². The predicted molar refractivity (Wildman–Crippen MR) is 73.2 cm³/mol. The fourth-order valence-electron chi connectivity index (χ4n) is 2.66. The average Bonchev–Trinajstić information content (AvgIpc) is 2.91. The van der Waals surface area contributed by atoms with Crippen molar-refractivity contribution in [3.05, 3.63) is 30.1 Å². The highest BCUT2D eigenvalue weighted by Crippen LogP contribution is 2.38. The van der Waals surface area contributed by atoms with E-state index in [2.05, 4.69) is 5.92 Å². The van der Waals surface area contributed by atoms with Crippen molar-refractivity contribution in [3.8, 4) is 18.1 Å². The van der Waals surface area contributed by atoms with Crippen molar-refractivity contribution in [1.29, 1.82) is 0 Å². The van der Waals surface area contributed by atoms with Gasteiger partial charge in [-0.25, -0.2) is 4.39 Å². The molecule has 1 unspecified atom stereocenters. The first-order chi connectivity index (χ1) is 9.98. The van der Waals surface area contributed by atoms with Crippen LogP contribution in [0.3, 0.4) is 0 Å². The number of hydrogen-bond acceptors (Lipinski definition) is 4. The van der Waals surface area contributed by atoms with Gasteiger partial charge in [0.1, 0.15) is 42.6 Å². The van der Waals surface area contributed by atoms with Gasteiger partial charge in [-0.3, -0.25) is 0 Å². The SMILES string of the molecule is C#CC1O[C@H](COc2ccc(F)cc2)[C@H]2OC(C)(C)O[C@@H]12. The zero-order chi connectivity index (χ0) is 15.0. The Balaban J connectivity index is 1.66. The molecule has 1 aromatic carbocycles. The number of halogens is 1. The summed E-state index contributed by atoms with van der Waals surface area (Å²) in [4.78, 5) is 0. The van der Waals surface area contributed by atoms with Gasteiger partial charge in [-0.05, 0) is 38.1 Å². The summed E-state index contributed by atoms with van der Waals surface area (Å²) in [7, 11) is 0. The van der Waals surface area contributed by atoms with Crippen LogP contribution in [0.1, 0.15) is 13.8 Å². The largest absolute Gasteiger partial charge is 0.491 e. The average molecular weight is 292 g/mol. The highest BCUT2D eigenvalue weighted by atomic mass is 19.1. The molecule has 5 heteroatoms. The second-order valence-electron chi connectivity index (χ2n) is 5.59. The molecule has 2 fully saturated rings. The van der Waals surface area contributed by atoms with Gasteiger partial charge in [0.15, 0.2) is 5.79 Å². The standard InChI is InChI=1S/C16H17FO4/c1-4-12-14-15(21-16(2,3)20-14)13(19-12)9-18-11-7-5-10(17)6-8-11/h1,5-8,12-15H,9H2,2-3H3/t12?,13-,14+,15-/m1/s1. The van der Waals surface area contributed by atoms with E-state index in [0.717, 1.165) is 0 Å². The summed E-state index contributed by atoms with van der Waals surface area (Å²) in [6, 6.07) is 5.82. The lowest BCUT2D eigenvalue weighted by Crippen LogP contribution is -2.33. The minimum atomic E-state index is -0.678. The second kappa shape index (κ2) is 5.30. The Morgan fingerprint density at radius 3 is 2.57 bits per heavy atom. The Bertz CT molecular complexity index is 548. The molecule has 1 aromatic rings. The number of ether oxygens (including phenoxy) is 4. The van der Waals surface area contributed by atoms with E-state index in [4.69, 9.17) is 25.4 Å². The second-order valence-corrected chi connectivity index (χ2v) is 5.59. The smallest absolute Gasteiger partial charge is 0.164 e. The predicted octanol–water partition coefficient (Wildman–Crippen LogP) is 2.13. The molecule has 2 aliphatic rings. The van der Waals surface area contributed by atoms with Gasteiger partial charge in [0.25, 0.3) is 0 Å². The lowest BCUT2D eigenvalue weighted by molar-refractivity contribution is -0.183. The molecule has 0 amide bonds. The van der Waals surface area contributed by atoms with Gasteiger partial charge in [0, 0.05) is 0 Å². The van der Waals surface area contributed by atoms with E-state index in [-0.39, 0.29) is 30.7 Å². The monoisotopic (exact) mass is 292 g/mol. The summed E-state index contributed by atoms with van der Waals surface area (Å²) in [5.41, 5.74) is 0. The first-order valence-electron chi connectivity index (χ1n) is 6.84. The van der Waals surface area contributed by atoms with Crippen LogP contribution in [0.4, 0.5) is 4.39 Å². The van der Waals surface area contributed by atoms with Gasteiger partial charge < -0.3 is 18.9 Å². The summed E-state index contributed by atoms with van der Waals surface area (Å²) in [5, 5.41) is 0. The molecule has 0 aromatic heterocycles. The van der Waals surface area contributed by atoms with Crippen LogP contribution in [-0.4, -0.2) is 36.8 Å². The molecule has 3 rings (SSSR count). The Morgan fingerprint density at radius 1 is 1.24 bits per heavy atom. The summed E-state index contributed by atoms with van der Waals surface area (Å²) < 4.78 is 35.8. The van der Waals surface area contributed by atoms with Crippen LogP contribution in [0.2, 0.25) is 0 Å². The van der Waals surface area contributed by atoms with Crippen LogP contribution in [0.15, 0.2) is 24.3 Å². The number of hydrogen-bond donors (Lipinski definition) is 0. The van der Waals surface area contributed by atoms with Crippen molar-refractivity contribution in [2.75, 3.05) is 6.61 Å². The van der Waals surface area contributed by atoms with Crippen LogP contribution < -0.4 is 4.74 Å². The van der Waals surface area contributed by atoms with Gasteiger partial charge in [0.05, 0.1) is 0 Å².